The molecule has 0 aromatic heterocycles. The minimum atomic E-state index is -0.554. The molecular formula is C20H22N2O2. The monoisotopic (exact) mass is 322 g/mol. The van der Waals surface area contributed by atoms with Crippen LogP contribution < -0.4 is 5.32 Å². The number of carbonyl (C=O) groups excluding carboxylic acids is 1. The van der Waals surface area contributed by atoms with Crippen molar-refractivity contribution in [3.8, 4) is 0 Å². The van der Waals surface area contributed by atoms with E-state index >= 15 is 0 Å². The Bertz CT molecular complexity index is 792. The third kappa shape index (κ3) is 1.12. The summed E-state index contributed by atoms with van der Waals surface area (Å²) in [6.07, 6.45) is 3.17. The number of fused-ring (bicyclic) bond motifs is 5. The molecule has 4 heteroatoms. The van der Waals surface area contributed by atoms with E-state index in [1.807, 2.05) is 12.1 Å². The molecule has 1 aromatic rings. The van der Waals surface area contributed by atoms with Crippen LogP contribution in [0.4, 0.5) is 5.69 Å². The molecule has 1 N–H and O–H groups in total. The lowest BCUT2D eigenvalue weighted by Crippen LogP contribution is -2.62. The number of likely N-dealkylation sites (tertiary alicyclic amines) is 1. The molecule has 1 amide bonds. The highest BCUT2D eigenvalue weighted by atomic mass is 16.5. The van der Waals surface area contributed by atoms with Crippen molar-refractivity contribution < 1.29 is 9.53 Å². The second kappa shape index (κ2) is 3.94. The van der Waals surface area contributed by atoms with Crippen molar-refractivity contribution >= 4 is 11.6 Å². The number of rotatable bonds is 1. The number of nitrogens with one attached hydrogen (secondary N) is 1. The lowest BCUT2D eigenvalue weighted by molar-refractivity contribution is -0.153. The van der Waals surface area contributed by atoms with Gasteiger partial charge in [0.25, 0.3) is 0 Å². The van der Waals surface area contributed by atoms with E-state index in [-0.39, 0.29) is 23.3 Å². The molecule has 2 saturated heterocycles. The van der Waals surface area contributed by atoms with Gasteiger partial charge < -0.3 is 15.0 Å². The molecule has 1 spiro atoms. The maximum atomic E-state index is 13.4. The number of nitrogens with zero attached hydrogens (tertiary/aromatic N) is 1. The van der Waals surface area contributed by atoms with Gasteiger partial charge in [-0.15, -0.1) is 6.58 Å². The molecule has 4 fully saturated rings. The lowest BCUT2D eigenvalue weighted by atomic mass is 9.51. The van der Waals surface area contributed by atoms with Gasteiger partial charge in [-0.2, -0.15) is 0 Å². The highest BCUT2D eigenvalue weighted by molar-refractivity contribution is 6.07. The van der Waals surface area contributed by atoms with Crippen molar-refractivity contribution in [1.82, 2.24) is 4.90 Å². The first-order valence-corrected chi connectivity index (χ1v) is 9.01. The molecule has 6 rings (SSSR count). The summed E-state index contributed by atoms with van der Waals surface area (Å²) in [6.45, 7) is 6.06. The fourth-order valence-corrected chi connectivity index (χ4v) is 7.38. The largest absolute Gasteiger partial charge is 0.376 e. The summed E-state index contributed by atoms with van der Waals surface area (Å²) in [5.41, 5.74) is 1.61. The van der Waals surface area contributed by atoms with Gasteiger partial charge in [0.05, 0.1) is 12.7 Å². The van der Waals surface area contributed by atoms with Crippen molar-refractivity contribution in [3.05, 3.63) is 42.5 Å². The number of hydrogen-bond donors (Lipinski definition) is 1. The first-order valence-electron chi connectivity index (χ1n) is 9.01. The Morgan fingerprint density at radius 1 is 1.42 bits per heavy atom. The number of piperidine rings is 1. The van der Waals surface area contributed by atoms with Gasteiger partial charge in [-0.3, -0.25) is 4.79 Å². The van der Waals surface area contributed by atoms with Crippen LogP contribution in [0.2, 0.25) is 0 Å². The number of hydrogen-bond acceptors (Lipinski definition) is 3. The molecule has 5 aliphatic rings. The van der Waals surface area contributed by atoms with Crippen LogP contribution in [0.5, 0.6) is 0 Å². The van der Waals surface area contributed by atoms with Gasteiger partial charge in [0.15, 0.2) is 0 Å². The van der Waals surface area contributed by atoms with Gasteiger partial charge in [-0.25, -0.2) is 0 Å². The Morgan fingerprint density at radius 3 is 3.08 bits per heavy atom. The molecule has 0 radical (unpaired) electrons. The number of benzene rings is 1. The van der Waals surface area contributed by atoms with Crippen LogP contribution in [0, 0.1) is 23.2 Å². The zero-order valence-corrected chi connectivity index (χ0v) is 13.9. The van der Waals surface area contributed by atoms with E-state index < -0.39 is 5.41 Å². The first-order chi connectivity index (χ1) is 11.6. The van der Waals surface area contributed by atoms with Crippen LogP contribution >= 0.6 is 0 Å². The van der Waals surface area contributed by atoms with Gasteiger partial charge in [-0.05, 0) is 31.0 Å². The minimum Gasteiger partial charge on any atom is -0.376 e. The van der Waals surface area contributed by atoms with Gasteiger partial charge in [0, 0.05) is 35.5 Å². The summed E-state index contributed by atoms with van der Waals surface area (Å²) in [5.74, 6) is 1.56. The number of anilines is 1. The molecule has 1 aromatic carbocycles. The quantitative estimate of drug-likeness (QED) is 0.805. The summed E-state index contributed by atoms with van der Waals surface area (Å²) >= 11 is 0. The number of para-hydroxylation sites is 1. The summed E-state index contributed by atoms with van der Waals surface area (Å²) in [5, 5.41) is 3.18. The predicted molar refractivity (Wildman–Crippen MR) is 90.6 cm³/mol. The molecule has 2 aliphatic carbocycles. The van der Waals surface area contributed by atoms with Crippen molar-refractivity contribution in [2.75, 3.05) is 25.5 Å². The molecule has 3 heterocycles. The third-order valence-corrected chi connectivity index (χ3v) is 7.93. The normalized spacial score (nSPS) is 50.4. The number of ether oxygens (including phenoxy) is 1. The van der Waals surface area contributed by atoms with Gasteiger partial charge >= 0.3 is 0 Å². The smallest absolute Gasteiger partial charge is 0.238 e. The molecule has 4 nitrogen and oxygen atoms in total. The van der Waals surface area contributed by atoms with Crippen molar-refractivity contribution in [1.29, 1.82) is 0 Å². The summed E-state index contributed by atoms with van der Waals surface area (Å²) in [4.78, 5) is 15.9. The van der Waals surface area contributed by atoms with Crippen LogP contribution in [-0.4, -0.2) is 43.2 Å². The number of carbonyl (C=O) groups is 1. The molecule has 124 valence electrons. The van der Waals surface area contributed by atoms with E-state index in [1.54, 1.807) is 0 Å². The van der Waals surface area contributed by atoms with Crippen molar-refractivity contribution in [2.24, 2.45) is 23.2 Å². The molecule has 3 aliphatic heterocycles. The van der Waals surface area contributed by atoms with Crippen molar-refractivity contribution in [2.45, 2.75) is 24.0 Å². The molecule has 24 heavy (non-hydrogen) atoms. The second-order valence-electron chi connectivity index (χ2n) is 8.40. The Kier molecular flexibility index (Phi) is 2.24. The summed E-state index contributed by atoms with van der Waals surface area (Å²) in [6, 6.07) is 8.64. The Labute approximate surface area is 141 Å². The second-order valence-corrected chi connectivity index (χ2v) is 8.40. The SMILES string of the molecule is C=C[C@]12CN(C)[C@H]3[C@@H]4CO[C@H](C[C@H]41)[C@@]1(C(=O)Nc4ccccc41)[C@H]32. The molecule has 0 unspecified atom stereocenters. The van der Waals surface area contributed by atoms with Gasteiger partial charge in [0.2, 0.25) is 5.91 Å². The third-order valence-electron chi connectivity index (χ3n) is 7.93. The Hall–Kier alpha value is -1.65. The van der Waals surface area contributed by atoms with E-state index in [4.69, 9.17) is 4.74 Å². The van der Waals surface area contributed by atoms with E-state index in [1.165, 1.54) is 0 Å². The lowest BCUT2D eigenvalue weighted by Gasteiger charge is -2.54. The van der Waals surface area contributed by atoms with E-state index in [9.17, 15) is 4.79 Å². The van der Waals surface area contributed by atoms with Crippen LogP contribution in [0.15, 0.2) is 36.9 Å². The van der Waals surface area contributed by atoms with E-state index in [2.05, 4.69) is 42.1 Å². The predicted octanol–water partition coefficient (Wildman–Crippen LogP) is 2.03. The maximum absolute atomic E-state index is 13.4. The fourth-order valence-electron chi connectivity index (χ4n) is 7.38. The average Bonchev–Trinajstić information content (AvgIpc) is 3.08. The van der Waals surface area contributed by atoms with Crippen LogP contribution in [-0.2, 0) is 14.9 Å². The fraction of sp³-hybridized carbons (Fsp3) is 0.550. The number of amides is 1. The van der Waals surface area contributed by atoms with E-state index in [0.717, 1.165) is 30.8 Å². The Morgan fingerprint density at radius 2 is 2.25 bits per heavy atom. The standard InChI is InChI=1S/C20H22N2O2/c1-3-19-10-22(2)16-11-9-24-15(8-13(11)19)20(17(16)19)12-6-4-5-7-14(12)21-18(20)23/h3-7,11,13,15-17H,1,8-10H2,2H3,(H,21,23)/t11-,13-,15-,16+,17-,19+,20-/m1/s1. The highest BCUT2D eigenvalue weighted by Gasteiger charge is 2.79. The van der Waals surface area contributed by atoms with Gasteiger partial charge in [0.1, 0.15) is 5.41 Å². The van der Waals surface area contributed by atoms with Gasteiger partial charge in [-0.1, -0.05) is 24.3 Å². The summed E-state index contributed by atoms with van der Waals surface area (Å²) < 4.78 is 6.34. The minimum absolute atomic E-state index is 0.00280. The zero-order valence-electron chi connectivity index (χ0n) is 13.9. The van der Waals surface area contributed by atoms with Crippen LogP contribution in [0.3, 0.4) is 0 Å². The van der Waals surface area contributed by atoms with Crippen LogP contribution in [0.25, 0.3) is 0 Å². The summed E-state index contributed by atoms with van der Waals surface area (Å²) in [7, 11) is 2.21. The Balaban J connectivity index is 1.69. The van der Waals surface area contributed by atoms with Crippen LogP contribution in [0.1, 0.15) is 12.0 Å². The van der Waals surface area contributed by atoms with E-state index in [0.29, 0.717) is 17.9 Å². The molecule has 2 saturated carbocycles. The van der Waals surface area contributed by atoms with Crippen molar-refractivity contribution in [3.63, 3.8) is 0 Å². The topological polar surface area (TPSA) is 41.6 Å². The maximum Gasteiger partial charge on any atom is 0.238 e. The molecular weight excluding hydrogens is 300 g/mol. The zero-order chi connectivity index (χ0) is 16.3. The molecule has 7 atom stereocenters. The average molecular weight is 322 g/mol. The highest BCUT2D eigenvalue weighted by Crippen LogP contribution is 2.73. The molecule has 5 bridgehead atoms. The first kappa shape index (κ1) is 13.6.